The minimum Gasteiger partial charge on any atom is -0.477 e. The van der Waals surface area contributed by atoms with Gasteiger partial charge in [0.15, 0.2) is 5.82 Å². The summed E-state index contributed by atoms with van der Waals surface area (Å²) in [6, 6.07) is 7.38. The van der Waals surface area contributed by atoms with Crippen molar-refractivity contribution < 1.29 is 9.90 Å². The Morgan fingerprint density at radius 2 is 1.96 bits per heavy atom. The van der Waals surface area contributed by atoms with Gasteiger partial charge in [0.05, 0.1) is 5.71 Å². The average Bonchev–Trinajstić information content (AvgIpc) is 3.05. The molecule has 126 valence electrons. The van der Waals surface area contributed by atoms with Gasteiger partial charge in [-0.25, -0.2) is 4.79 Å². The largest absolute Gasteiger partial charge is 0.477 e. The van der Waals surface area contributed by atoms with Crippen molar-refractivity contribution in [2.24, 2.45) is 4.99 Å². The van der Waals surface area contributed by atoms with Gasteiger partial charge >= 0.3 is 5.97 Å². The van der Waals surface area contributed by atoms with E-state index in [4.69, 9.17) is 16.6 Å². The molecule has 1 N–H and O–H groups in total. The first-order valence-electron chi connectivity index (χ1n) is 7.56. The standard InChI is InChI=1S/C17H13ClN4O2S/c1-8-13-14(10-3-5-11(18)6-4-10)19-7-12-21-20-9(2)22(12)16(13)25-15(8)17(23)24/h3-6H,7H2,1-2H3,(H,23,24). The second-order valence-electron chi connectivity index (χ2n) is 5.71. The molecule has 0 amide bonds. The maximum atomic E-state index is 11.7. The lowest BCUT2D eigenvalue weighted by Crippen LogP contribution is -2.07. The number of halogens is 1. The van der Waals surface area contributed by atoms with Crippen LogP contribution in [-0.4, -0.2) is 31.6 Å². The number of fused-ring (bicyclic) bond motifs is 3. The minimum atomic E-state index is -0.946. The Hall–Kier alpha value is -2.51. The van der Waals surface area contributed by atoms with Crippen molar-refractivity contribution in [2.45, 2.75) is 20.4 Å². The second kappa shape index (κ2) is 5.79. The number of hydrogen-bond donors (Lipinski definition) is 1. The maximum Gasteiger partial charge on any atom is 0.346 e. The van der Waals surface area contributed by atoms with Crippen molar-refractivity contribution in [1.82, 2.24) is 14.8 Å². The first-order chi connectivity index (χ1) is 12.0. The minimum absolute atomic E-state index is 0.299. The van der Waals surface area contributed by atoms with Gasteiger partial charge in [-0.15, -0.1) is 21.5 Å². The summed E-state index contributed by atoms with van der Waals surface area (Å²) in [5.74, 6) is 0.459. The van der Waals surface area contributed by atoms with E-state index < -0.39 is 5.97 Å². The highest BCUT2D eigenvalue weighted by Gasteiger charge is 2.29. The molecule has 8 heteroatoms. The molecule has 1 aliphatic rings. The van der Waals surface area contributed by atoms with Crippen LogP contribution in [0.2, 0.25) is 5.02 Å². The number of thiophene rings is 1. The van der Waals surface area contributed by atoms with Crippen molar-refractivity contribution in [2.75, 3.05) is 0 Å². The van der Waals surface area contributed by atoms with Crippen LogP contribution in [-0.2, 0) is 6.54 Å². The van der Waals surface area contributed by atoms with Crippen molar-refractivity contribution >= 4 is 34.6 Å². The fraction of sp³-hybridized carbons (Fsp3) is 0.176. The van der Waals surface area contributed by atoms with Crippen LogP contribution in [0.3, 0.4) is 0 Å². The summed E-state index contributed by atoms with van der Waals surface area (Å²) in [5, 5.41) is 19.3. The number of carboxylic acid groups (broad SMARTS) is 1. The molecule has 4 rings (SSSR count). The van der Waals surface area contributed by atoms with Crippen LogP contribution in [0.1, 0.15) is 38.0 Å². The quantitative estimate of drug-likeness (QED) is 0.744. The van der Waals surface area contributed by atoms with Gasteiger partial charge in [-0.3, -0.25) is 9.56 Å². The zero-order chi connectivity index (χ0) is 17.7. The lowest BCUT2D eigenvalue weighted by atomic mass is 10.00. The molecule has 3 heterocycles. The molecule has 0 atom stereocenters. The highest BCUT2D eigenvalue weighted by Crippen LogP contribution is 2.36. The summed E-state index contributed by atoms with van der Waals surface area (Å²) in [6.45, 7) is 4.04. The number of carboxylic acids is 1. The number of aromatic carboxylic acids is 1. The van der Waals surface area contributed by atoms with Gasteiger partial charge in [0.2, 0.25) is 0 Å². The molecule has 25 heavy (non-hydrogen) atoms. The topological polar surface area (TPSA) is 80.4 Å². The predicted molar refractivity (Wildman–Crippen MR) is 96.5 cm³/mol. The van der Waals surface area contributed by atoms with Crippen molar-refractivity contribution in [1.29, 1.82) is 0 Å². The lowest BCUT2D eigenvalue weighted by molar-refractivity contribution is 0.0701. The number of carbonyl (C=O) groups is 1. The van der Waals surface area contributed by atoms with Gasteiger partial charge in [-0.2, -0.15) is 0 Å². The van der Waals surface area contributed by atoms with Crippen molar-refractivity contribution in [3.8, 4) is 5.00 Å². The highest BCUT2D eigenvalue weighted by molar-refractivity contribution is 7.17. The SMILES string of the molecule is Cc1c(C(=O)O)sc2c1C(c1ccc(Cl)cc1)=NCc1nnc(C)n1-2. The molecule has 6 nitrogen and oxygen atoms in total. The number of rotatable bonds is 2. The average molecular weight is 373 g/mol. The van der Waals surface area contributed by atoms with E-state index in [-0.39, 0.29) is 0 Å². The third-order valence-corrected chi connectivity index (χ3v) is 5.67. The molecule has 2 aromatic heterocycles. The van der Waals surface area contributed by atoms with Gasteiger partial charge in [0, 0.05) is 16.1 Å². The number of aromatic nitrogens is 3. The van der Waals surface area contributed by atoms with Gasteiger partial charge in [0.1, 0.15) is 22.2 Å². The van der Waals surface area contributed by atoms with Gasteiger partial charge in [-0.05, 0) is 31.5 Å². The Bertz CT molecular complexity index is 1030. The van der Waals surface area contributed by atoms with E-state index in [9.17, 15) is 9.90 Å². The summed E-state index contributed by atoms with van der Waals surface area (Å²) < 4.78 is 1.89. The van der Waals surface area contributed by atoms with E-state index in [0.29, 0.717) is 33.7 Å². The molecule has 0 aliphatic carbocycles. The van der Waals surface area contributed by atoms with Crippen molar-refractivity contribution in [3.63, 3.8) is 0 Å². The smallest absolute Gasteiger partial charge is 0.346 e. The Balaban J connectivity index is 2.03. The molecular weight excluding hydrogens is 360 g/mol. The van der Waals surface area contributed by atoms with E-state index in [1.54, 1.807) is 12.1 Å². The molecule has 1 aromatic carbocycles. The fourth-order valence-electron chi connectivity index (χ4n) is 2.98. The predicted octanol–water partition coefficient (Wildman–Crippen LogP) is 3.65. The number of aryl methyl sites for hydroxylation is 1. The maximum absolute atomic E-state index is 11.7. The second-order valence-corrected chi connectivity index (χ2v) is 7.15. The summed E-state index contributed by atoms with van der Waals surface area (Å²) >= 11 is 7.22. The summed E-state index contributed by atoms with van der Waals surface area (Å²) in [5.41, 5.74) is 3.14. The molecule has 1 aliphatic heterocycles. The Labute approximate surface area is 152 Å². The van der Waals surface area contributed by atoms with E-state index >= 15 is 0 Å². The molecule has 3 aromatic rings. The van der Waals surface area contributed by atoms with Gasteiger partial charge in [-0.1, -0.05) is 23.7 Å². The van der Waals surface area contributed by atoms with E-state index in [1.165, 1.54) is 11.3 Å². The Morgan fingerprint density at radius 1 is 1.24 bits per heavy atom. The Morgan fingerprint density at radius 3 is 2.64 bits per heavy atom. The van der Waals surface area contributed by atoms with Crippen LogP contribution < -0.4 is 0 Å². The molecule has 0 saturated carbocycles. The van der Waals surface area contributed by atoms with Crippen molar-refractivity contribution in [3.05, 3.63) is 62.5 Å². The Kier molecular flexibility index (Phi) is 3.70. The number of aliphatic imine (C=N–C) groups is 1. The van der Waals surface area contributed by atoms with E-state index in [1.807, 2.05) is 30.5 Å². The number of benzene rings is 1. The molecule has 0 radical (unpaired) electrons. The van der Waals surface area contributed by atoms with Crippen LogP contribution in [0.15, 0.2) is 29.3 Å². The normalized spacial score (nSPS) is 13.0. The van der Waals surface area contributed by atoms with Gasteiger partial charge in [0.25, 0.3) is 0 Å². The fourth-order valence-corrected chi connectivity index (χ4v) is 4.33. The highest BCUT2D eigenvalue weighted by atomic mass is 35.5. The molecule has 0 bridgehead atoms. The molecule has 0 saturated heterocycles. The zero-order valence-corrected chi connectivity index (χ0v) is 15.0. The first kappa shape index (κ1) is 16.0. The first-order valence-corrected chi connectivity index (χ1v) is 8.75. The lowest BCUT2D eigenvalue weighted by Gasteiger charge is -2.09. The van der Waals surface area contributed by atoms with Crippen LogP contribution in [0.4, 0.5) is 0 Å². The zero-order valence-electron chi connectivity index (χ0n) is 13.4. The van der Waals surface area contributed by atoms with Gasteiger partial charge < -0.3 is 5.11 Å². The van der Waals surface area contributed by atoms with E-state index in [2.05, 4.69) is 10.2 Å². The summed E-state index contributed by atoms with van der Waals surface area (Å²) in [7, 11) is 0. The van der Waals surface area contributed by atoms with Crippen LogP contribution in [0.5, 0.6) is 0 Å². The monoisotopic (exact) mass is 372 g/mol. The summed E-state index contributed by atoms with van der Waals surface area (Å²) in [4.78, 5) is 16.7. The number of nitrogens with zero attached hydrogens (tertiary/aromatic N) is 4. The van der Waals surface area contributed by atoms with Crippen LogP contribution >= 0.6 is 22.9 Å². The molecule has 0 unspecified atom stereocenters. The molecular formula is C17H13ClN4O2S. The molecule has 0 spiro atoms. The third kappa shape index (κ3) is 2.47. The van der Waals surface area contributed by atoms with Crippen LogP contribution in [0.25, 0.3) is 5.00 Å². The van der Waals surface area contributed by atoms with E-state index in [0.717, 1.165) is 21.8 Å². The number of hydrogen-bond acceptors (Lipinski definition) is 5. The molecule has 0 fully saturated rings. The third-order valence-electron chi connectivity index (χ3n) is 4.15. The summed E-state index contributed by atoms with van der Waals surface area (Å²) in [6.07, 6.45) is 0. The van der Waals surface area contributed by atoms with Crippen LogP contribution in [0, 0.1) is 13.8 Å².